The highest BCUT2D eigenvalue weighted by atomic mass is 19.3. The number of alkyl halides is 2. The summed E-state index contributed by atoms with van der Waals surface area (Å²) >= 11 is 0. The minimum atomic E-state index is -2.88. The standard InChI is InChI=1S/C44H51F2N11O6/c1-53(27-13-8-26(9-14-27)48-32-4-2-3-30-36(32)44(62)57(43(30)61)34-15-16-35(58)50-42(34)60)20-24-5-10-28(11-6-24)55-22-33(37(52-55)38(45)46)49-41(59)31-19-47-56-21-25-7-12-29-23-63-18-17-54(29)39(25)51-40(31)56/h2-4,19,21-22,24,26-29,34,38,48H,5-18,20,23H2,1H3,(H,49,59)(H,50,58,60)/t24-,26-,27-,28-,29?,34?. The maximum absolute atomic E-state index is 14.4. The second-order valence-corrected chi connectivity index (χ2v) is 18.0. The lowest BCUT2D eigenvalue weighted by atomic mass is 9.84. The predicted molar refractivity (Wildman–Crippen MR) is 225 cm³/mol. The molecule has 0 spiro atoms. The molecule has 63 heavy (non-hydrogen) atoms. The predicted octanol–water partition coefficient (Wildman–Crippen LogP) is 4.75. The van der Waals surface area contributed by atoms with Crippen LogP contribution in [0.1, 0.15) is 125 Å². The zero-order chi connectivity index (χ0) is 43.5. The van der Waals surface area contributed by atoms with Gasteiger partial charge >= 0.3 is 0 Å². The molecule has 1 aromatic carbocycles. The SMILES string of the molecule is CN(C[C@H]1CC[C@H](n2cc(NC(=O)c3cnn4cc5c(nc34)N3CCOCC3CC5)c(C(F)F)n2)CC1)[C@H]1CC[C@H](Nc2cccc3c2C(=O)N(C2CCC(=O)NC2=O)C3=O)CC1. The van der Waals surface area contributed by atoms with Crippen molar-refractivity contribution in [2.75, 3.05) is 48.9 Å². The molecule has 4 aliphatic heterocycles. The first kappa shape index (κ1) is 41.2. The summed E-state index contributed by atoms with van der Waals surface area (Å²) < 4.78 is 37.6. The molecular formula is C44H51F2N11O6. The summed E-state index contributed by atoms with van der Waals surface area (Å²) in [6.07, 6.45) is 11.0. The Balaban J connectivity index is 0.723. The van der Waals surface area contributed by atoms with Gasteiger partial charge < -0.3 is 25.2 Å². The Morgan fingerprint density at radius 2 is 1.76 bits per heavy atom. The number of halogens is 2. The number of piperidine rings is 1. The van der Waals surface area contributed by atoms with Gasteiger partial charge in [0.2, 0.25) is 11.8 Å². The molecule has 2 atom stereocenters. The highest BCUT2D eigenvalue weighted by Gasteiger charge is 2.46. The molecule has 4 aromatic rings. The molecule has 7 heterocycles. The quantitative estimate of drug-likeness (QED) is 0.186. The van der Waals surface area contributed by atoms with E-state index in [0.29, 0.717) is 43.1 Å². The monoisotopic (exact) mass is 867 g/mol. The topological polar surface area (TPSA) is 188 Å². The van der Waals surface area contributed by atoms with Gasteiger partial charge in [-0.2, -0.15) is 10.2 Å². The van der Waals surface area contributed by atoms with E-state index in [2.05, 4.69) is 43.0 Å². The second kappa shape index (κ2) is 16.7. The minimum absolute atomic E-state index is 0.0153. The molecule has 2 saturated heterocycles. The number of fused-ring (bicyclic) bond motifs is 5. The Kier molecular flexibility index (Phi) is 10.9. The maximum Gasteiger partial charge on any atom is 0.284 e. The molecule has 2 saturated carbocycles. The molecule has 0 radical (unpaired) electrons. The van der Waals surface area contributed by atoms with Gasteiger partial charge in [0.1, 0.15) is 17.4 Å². The molecule has 3 aromatic heterocycles. The fourth-order valence-corrected chi connectivity index (χ4v) is 10.7. The van der Waals surface area contributed by atoms with Gasteiger partial charge in [-0.25, -0.2) is 18.3 Å². The van der Waals surface area contributed by atoms with Gasteiger partial charge in [-0.3, -0.25) is 38.9 Å². The van der Waals surface area contributed by atoms with Crippen molar-refractivity contribution in [3.05, 3.63) is 64.7 Å². The lowest BCUT2D eigenvalue weighted by molar-refractivity contribution is -0.136. The number of anilines is 3. The number of rotatable bonds is 10. The van der Waals surface area contributed by atoms with Crippen LogP contribution < -0.4 is 20.9 Å². The van der Waals surface area contributed by atoms with Crippen molar-refractivity contribution in [2.45, 2.75) is 114 Å². The first-order valence-corrected chi connectivity index (χ1v) is 22.2. The van der Waals surface area contributed by atoms with E-state index < -0.39 is 47.7 Å². The molecule has 3 N–H and O–H groups in total. The Morgan fingerprint density at radius 1 is 0.952 bits per heavy atom. The lowest BCUT2D eigenvalue weighted by Gasteiger charge is -2.40. The molecule has 2 unspecified atom stereocenters. The molecule has 0 bridgehead atoms. The van der Waals surface area contributed by atoms with Crippen molar-refractivity contribution in [1.82, 2.24) is 39.5 Å². The van der Waals surface area contributed by atoms with Gasteiger partial charge in [0.15, 0.2) is 11.3 Å². The minimum Gasteiger partial charge on any atom is -0.382 e. The largest absolute Gasteiger partial charge is 0.382 e. The number of nitrogens with zero attached hydrogens (tertiary/aromatic N) is 8. The van der Waals surface area contributed by atoms with Gasteiger partial charge in [-0.1, -0.05) is 6.07 Å². The number of amides is 5. The molecular weight excluding hydrogens is 817 g/mol. The number of nitrogens with one attached hydrogen (secondary N) is 3. The van der Waals surface area contributed by atoms with E-state index in [9.17, 15) is 32.8 Å². The van der Waals surface area contributed by atoms with E-state index in [-0.39, 0.29) is 53.3 Å². The van der Waals surface area contributed by atoms with Crippen LogP contribution >= 0.6 is 0 Å². The summed E-state index contributed by atoms with van der Waals surface area (Å²) in [5.41, 5.74) is 2.25. The smallest absolute Gasteiger partial charge is 0.284 e. The summed E-state index contributed by atoms with van der Waals surface area (Å²) in [5, 5.41) is 17.2. The molecule has 10 rings (SSSR count). The third kappa shape index (κ3) is 7.72. The average Bonchev–Trinajstić information content (AvgIpc) is 3.97. The van der Waals surface area contributed by atoms with Crippen LogP contribution in [0, 0.1) is 5.92 Å². The van der Waals surface area contributed by atoms with Crippen LogP contribution in [0.25, 0.3) is 5.65 Å². The zero-order valence-corrected chi connectivity index (χ0v) is 35.1. The van der Waals surface area contributed by atoms with E-state index in [1.54, 1.807) is 27.4 Å². The number of benzene rings is 1. The Morgan fingerprint density at radius 3 is 2.54 bits per heavy atom. The first-order valence-electron chi connectivity index (χ1n) is 22.2. The van der Waals surface area contributed by atoms with E-state index in [4.69, 9.17) is 9.72 Å². The third-order valence-corrected chi connectivity index (χ3v) is 14.1. The van der Waals surface area contributed by atoms with Gasteiger partial charge in [0.25, 0.3) is 24.1 Å². The highest BCUT2D eigenvalue weighted by molar-refractivity contribution is 6.25. The number of morpholine rings is 1. The highest BCUT2D eigenvalue weighted by Crippen LogP contribution is 2.38. The van der Waals surface area contributed by atoms with Gasteiger partial charge in [-0.05, 0) is 95.7 Å². The van der Waals surface area contributed by atoms with Gasteiger partial charge in [-0.15, -0.1) is 0 Å². The summed E-state index contributed by atoms with van der Waals surface area (Å²) in [4.78, 5) is 75.3. The number of carbonyl (C=O) groups excluding carboxylic acids is 5. The number of aromatic nitrogens is 5. The molecule has 19 heteroatoms. The van der Waals surface area contributed by atoms with Crippen molar-refractivity contribution in [1.29, 1.82) is 0 Å². The molecule has 6 aliphatic rings. The number of aryl methyl sites for hydroxylation is 1. The molecule has 5 amide bonds. The van der Waals surface area contributed by atoms with E-state index in [1.165, 1.54) is 12.4 Å². The zero-order valence-electron chi connectivity index (χ0n) is 35.1. The number of imide groups is 2. The number of hydrogen-bond acceptors (Lipinski definition) is 12. The summed E-state index contributed by atoms with van der Waals surface area (Å²) in [6, 6.07) is 4.77. The Hall–Kier alpha value is -5.82. The molecule has 2 aliphatic carbocycles. The van der Waals surface area contributed by atoms with Gasteiger partial charge in [0.05, 0.1) is 48.3 Å². The van der Waals surface area contributed by atoms with E-state index >= 15 is 0 Å². The molecule has 332 valence electrons. The Labute approximate surface area is 361 Å². The summed E-state index contributed by atoms with van der Waals surface area (Å²) in [7, 11) is 2.16. The number of ether oxygens (including phenoxy) is 1. The normalized spacial score (nSPS) is 26.2. The van der Waals surface area contributed by atoms with Crippen molar-refractivity contribution in [3.63, 3.8) is 0 Å². The lowest BCUT2D eigenvalue weighted by Crippen LogP contribution is -2.54. The second-order valence-electron chi connectivity index (χ2n) is 18.0. The van der Waals surface area contributed by atoms with Crippen LogP contribution in [0.2, 0.25) is 0 Å². The third-order valence-electron chi connectivity index (χ3n) is 14.1. The van der Waals surface area contributed by atoms with Gasteiger partial charge in [0, 0.05) is 55.2 Å². The fourth-order valence-electron chi connectivity index (χ4n) is 10.7. The van der Waals surface area contributed by atoms with Crippen LogP contribution in [0.4, 0.5) is 26.0 Å². The fraction of sp³-hybridized carbons (Fsp3) is 0.545. The van der Waals surface area contributed by atoms with Crippen molar-refractivity contribution in [2.24, 2.45) is 5.92 Å². The van der Waals surface area contributed by atoms with Crippen LogP contribution in [-0.2, 0) is 20.7 Å². The average molecular weight is 868 g/mol. The van der Waals surface area contributed by atoms with Crippen LogP contribution in [-0.4, -0.2) is 121 Å². The maximum atomic E-state index is 14.4. The van der Waals surface area contributed by atoms with E-state index in [0.717, 1.165) is 87.0 Å². The van der Waals surface area contributed by atoms with Crippen molar-refractivity contribution >= 4 is 52.4 Å². The van der Waals surface area contributed by atoms with Crippen molar-refractivity contribution in [3.8, 4) is 0 Å². The van der Waals surface area contributed by atoms with Crippen LogP contribution in [0.15, 0.2) is 36.8 Å². The van der Waals surface area contributed by atoms with Crippen LogP contribution in [0.5, 0.6) is 0 Å². The molecule has 17 nitrogen and oxygen atoms in total. The summed E-state index contributed by atoms with van der Waals surface area (Å²) in [5.74, 6) is -1.40. The summed E-state index contributed by atoms with van der Waals surface area (Å²) in [6.45, 7) is 2.86. The first-order chi connectivity index (χ1) is 30.5. The van der Waals surface area contributed by atoms with Crippen molar-refractivity contribution < 1.29 is 37.5 Å². The number of carbonyl (C=O) groups is 5. The Bertz CT molecular complexity index is 2470. The number of hydrogen-bond donors (Lipinski definition) is 3. The van der Waals surface area contributed by atoms with Crippen LogP contribution in [0.3, 0.4) is 0 Å². The molecule has 4 fully saturated rings. The van der Waals surface area contributed by atoms with E-state index in [1.807, 2.05) is 6.20 Å².